The first-order valence-electron chi connectivity index (χ1n) is 10.9. The van der Waals surface area contributed by atoms with E-state index in [1.807, 2.05) is 69.3 Å². The van der Waals surface area contributed by atoms with Crippen LogP contribution in [0.15, 0.2) is 83.5 Å². The number of nitrogens with zero attached hydrogens (tertiary/aromatic N) is 1. The molecule has 0 fully saturated rings. The Morgan fingerprint density at radius 2 is 1.70 bits per heavy atom. The van der Waals surface area contributed by atoms with E-state index < -0.39 is 18.0 Å². The van der Waals surface area contributed by atoms with Crippen molar-refractivity contribution in [1.29, 1.82) is 5.26 Å². The maximum atomic E-state index is 13.3. The van der Waals surface area contributed by atoms with Crippen LogP contribution in [-0.2, 0) is 9.53 Å². The second-order valence-corrected chi connectivity index (χ2v) is 8.30. The zero-order valence-electron chi connectivity index (χ0n) is 18.8. The summed E-state index contributed by atoms with van der Waals surface area (Å²) < 4.78 is 17.3. The summed E-state index contributed by atoms with van der Waals surface area (Å²) in [5.74, 6) is 0.169. The van der Waals surface area contributed by atoms with Crippen molar-refractivity contribution in [2.75, 3.05) is 0 Å². The molecule has 166 valence electrons. The molecular weight excluding hydrogens is 414 g/mol. The fraction of sp³-hybridized carbons (Fsp3) is 0.214. The molecule has 0 aliphatic carbocycles. The second kappa shape index (κ2) is 9.62. The zero-order chi connectivity index (χ0) is 23.4. The molecule has 0 amide bonds. The molecule has 4 aromatic rings. The van der Waals surface area contributed by atoms with Crippen LogP contribution in [0.4, 0.5) is 0 Å². The van der Waals surface area contributed by atoms with Crippen LogP contribution in [-0.4, -0.2) is 5.97 Å². The topological polar surface area (TPSA) is 72.5 Å². The van der Waals surface area contributed by atoms with Crippen LogP contribution >= 0.6 is 0 Å². The molecule has 3 aromatic carbocycles. The van der Waals surface area contributed by atoms with Crippen LogP contribution in [0.25, 0.3) is 11.0 Å². The molecule has 33 heavy (non-hydrogen) atoms. The van der Waals surface area contributed by atoms with Crippen LogP contribution in [0.2, 0.25) is 0 Å². The molecule has 0 N–H and O–H groups in total. The molecule has 0 bridgehead atoms. The van der Waals surface area contributed by atoms with Crippen molar-refractivity contribution in [3.63, 3.8) is 0 Å². The molecule has 0 radical (unpaired) electrons. The fourth-order valence-corrected chi connectivity index (χ4v) is 3.95. The lowest BCUT2D eigenvalue weighted by atomic mass is 9.88. The third kappa shape index (κ3) is 4.75. The average Bonchev–Trinajstić information content (AvgIpc) is 3.23. The third-order valence-electron chi connectivity index (χ3n) is 5.57. The van der Waals surface area contributed by atoms with Crippen molar-refractivity contribution in [3.05, 3.63) is 95.7 Å². The lowest BCUT2D eigenvalue weighted by molar-refractivity contribution is -0.150. The number of para-hydroxylation sites is 2. The van der Waals surface area contributed by atoms with Gasteiger partial charge in [-0.25, -0.2) is 0 Å². The smallest absolute Gasteiger partial charge is 0.315 e. The highest BCUT2D eigenvalue weighted by Gasteiger charge is 2.31. The zero-order valence-corrected chi connectivity index (χ0v) is 18.8. The van der Waals surface area contributed by atoms with E-state index in [0.717, 1.165) is 22.1 Å². The van der Waals surface area contributed by atoms with E-state index in [2.05, 4.69) is 6.07 Å². The Kier molecular flexibility index (Phi) is 6.46. The molecule has 0 aliphatic heterocycles. The first-order chi connectivity index (χ1) is 16.0. The molecular formula is C28H25NO4. The molecule has 4 rings (SSSR count). The molecule has 0 saturated heterocycles. The predicted octanol–water partition coefficient (Wildman–Crippen LogP) is 7.08. The largest absolute Gasteiger partial charge is 0.464 e. The van der Waals surface area contributed by atoms with Gasteiger partial charge in [0.15, 0.2) is 0 Å². The van der Waals surface area contributed by atoms with E-state index in [9.17, 15) is 10.1 Å². The Morgan fingerprint density at radius 3 is 2.42 bits per heavy atom. The summed E-state index contributed by atoms with van der Waals surface area (Å²) in [6, 6.07) is 24.4. The molecule has 0 saturated carbocycles. The van der Waals surface area contributed by atoms with Gasteiger partial charge in [0.1, 0.15) is 23.2 Å². The van der Waals surface area contributed by atoms with E-state index >= 15 is 0 Å². The Morgan fingerprint density at radius 1 is 0.970 bits per heavy atom. The highest BCUT2D eigenvalue weighted by atomic mass is 16.5. The van der Waals surface area contributed by atoms with E-state index in [-0.39, 0.29) is 5.92 Å². The van der Waals surface area contributed by atoms with Gasteiger partial charge in [-0.1, -0.05) is 62.4 Å². The third-order valence-corrected chi connectivity index (χ3v) is 5.57. The SMILES string of the molecule is Cc1cccc2c(C(C(=O)OC(C#N)c3cccc(Oc4ccccc4)c3)C(C)C)coc12. The van der Waals surface area contributed by atoms with Gasteiger partial charge in [-0.2, -0.15) is 5.26 Å². The fourth-order valence-electron chi connectivity index (χ4n) is 3.95. The van der Waals surface area contributed by atoms with Gasteiger partial charge >= 0.3 is 5.97 Å². The number of benzene rings is 3. The lowest BCUT2D eigenvalue weighted by Gasteiger charge is -2.21. The molecule has 2 atom stereocenters. The molecule has 1 aromatic heterocycles. The van der Waals surface area contributed by atoms with Crippen LogP contribution in [0.1, 0.15) is 42.6 Å². The molecule has 5 heteroatoms. The maximum absolute atomic E-state index is 13.3. The molecule has 1 heterocycles. The number of carbonyl (C=O) groups is 1. The monoisotopic (exact) mass is 439 g/mol. The number of aryl methyl sites for hydroxylation is 1. The number of carbonyl (C=O) groups excluding carboxylic acids is 1. The number of hydrogen-bond donors (Lipinski definition) is 0. The van der Waals surface area contributed by atoms with Crippen molar-refractivity contribution in [2.45, 2.75) is 32.8 Å². The van der Waals surface area contributed by atoms with Crippen LogP contribution in [0, 0.1) is 24.2 Å². The highest BCUT2D eigenvalue weighted by Crippen LogP contribution is 2.36. The summed E-state index contributed by atoms with van der Waals surface area (Å²) in [5.41, 5.74) is 3.08. The number of fused-ring (bicyclic) bond motifs is 1. The van der Waals surface area contributed by atoms with Crippen molar-refractivity contribution in [2.24, 2.45) is 5.92 Å². The van der Waals surface area contributed by atoms with Gasteiger partial charge in [0.25, 0.3) is 0 Å². The Bertz CT molecular complexity index is 1300. The molecule has 0 aliphatic rings. The van der Waals surface area contributed by atoms with Gasteiger partial charge in [-0.15, -0.1) is 0 Å². The molecule has 2 unspecified atom stereocenters. The van der Waals surface area contributed by atoms with E-state index in [1.165, 1.54) is 0 Å². The lowest BCUT2D eigenvalue weighted by Crippen LogP contribution is -2.22. The number of ether oxygens (including phenoxy) is 2. The Hall–Kier alpha value is -4.04. The van der Waals surface area contributed by atoms with Gasteiger partial charge in [-0.05, 0) is 42.7 Å². The summed E-state index contributed by atoms with van der Waals surface area (Å²) in [6.07, 6.45) is 0.567. The van der Waals surface area contributed by atoms with Crippen molar-refractivity contribution < 1.29 is 18.7 Å². The maximum Gasteiger partial charge on any atom is 0.315 e. The summed E-state index contributed by atoms with van der Waals surface area (Å²) in [6.45, 7) is 5.88. The number of hydrogen-bond acceptors (Lipinski definition) is 5. The van der Waals surface area contributed by atoms with Crippen molar-refractivity contribution in [1.82, 2.24) is 0 Å². The quantitative estimate of drug-likeness (QED) is 0.288. The second-order valence-electron chi connectivity index (χ2n) is 8.30. The summed E-state index contributed by atoms with van der Waals surface area (Å²) in [7, 11) is 0. The number of rotatable bonds is 7. The molecule has 5 nitrogen and oxygen atoms in total. The first-order valence-corrected chi connectivity index (χ1v) is 10.9. The first kappa shape index (κ1) is 22.2. The van der Waals surface area contributed by atoms with Crippen molar-refractivity contribution in [3.8, 4) is 17.6 Å². The number of esters is 1. The Balaban J connectivity index is 1.58. The average molecular weight is 440 g/mol. The minimum Gasteiger partial charge on any atom is -0.464 e. The van der Waals surface area contributed by atoms with Crippen molar-refractivity contribution >= 4 is 16.9 Å². The minimum atomic E-state index is -1.06. The summed E-state index contributed by atoms with van der Waals surface area (Å²) in [5, 5.41) is 10.7. The standard InChI is InChI=1S/C28H25NO4/c1-18(2)26(24-17-31-27-19(3)9-7-14-23(24)27)28(30)33-25(16-29)20-10-8-13-22(15-20)32-21-11-5-4-6-12-21/h4-15,17-18,25-26H,1-3H3. The van der Waals surface area contributed by atoms with Gasteiger partial charge in [0.2, 0.25) is 6.10 Å². The van der Waals surface area contributed by atoms with Crippen LogP contribution in [0.3, 0.4) is 0 Å². The number of nitriles is 1. The van der Waals surface area contributed by atoms with Gasteiger partial charge in [-0.3, -0.25) is 4.79 Å². The summed E-state index contributed by atoms with van der Waals surface area (Å²) in [4.78, 5) is 13.3. The predicted molar refractivity (Wildman–Crippen MR) is 126 cm³/mol. The van der Waals surface area contributed by atoms with Gasteiger partial charge in [0.05, 0.1) is 12.2 Å². The van der Waals surface area contributed by atoms with Crippen LogP contribution in [0.5, 0.6) is 11.5 Å². The minimum absolute atomic E-state index is 0.0501. The molecule has 0 spiro atoms. The highest BCUT2D eigenvalue weighted by molar-refractivity contribution is 5.90. The Labute approximate surface area is 193 Å². The summed E-state index contributed by atoms with van der Waals surface area (Å²) >= 11 is 0. The van der Waals surface area contributed by atoms with E-state index in [1.54, 1.807) is 30.5 Å². The van der Waals surface area contributed by atoms with E-state index in [0.29, 0.717) is 17.1 Å². The van der Waals surface area contributed by atoms with Gasteiger partial charge in [0, 0.05) is 16.5 Å². The van der Waals surface area contributed by atoms with Crippen LogP contribution < -0.4 is 4.74 Å². The van der Waals surface area contributed by atoms with Gasteiger partial charge < -0.3 is 13.9 Å². The normalized spacial score (nSPS) is 12.8. The number of furan rings is 1. The van der Waals surface area contributed by atoms with E-state index in [4.69, 9.17) is 13.9 Å².